The standard InChI is InChI=1S/C15H24N2O/c1-3-18-14-9-13(10-17-11-14)15(16-2)8-12-6-4-5-7-12/h9-12,15-16H,3-8H2,1-2H3. The Kier molecular flexibility index (Phi) is 5.00. The lowest BCUT2D eigenvalue weighted by Gasteiger charge is -2.20. The minimum atomic E-state index is 0.404. The van der Waals surface area contributed by atoms with Crippen LogP contribution >= 0.6 is 0 Å². The first-order chi connectivity index (χ1) is 8.83. The van der Waals surface area contributed by atoms with Crippen molar-refractivity contribution in [3.63, 3.8) is 0 Å². The van der Waals surface area contributed by atoms with E-state index in [2.05, 4.69) is 16.4 Å². The van der Waals surface area contributed by atoms with Crippen LogP contribution in [0, 0.1) is 5.92 Å². The van der Waals surface area contributed by atoms with Gasteiger partial charge in [0.1, 0.15) is 5.75 Å². The number of aromatic nitrogens is 1. The third-order valence-electron chi connectivity index (χ3n) is 3.84. The first-order valence-electron chi connectivity index (χ1n) is 7.08. The average molecular weight is 248 g/mol. The Morgan fingerprint density at radius 2 is 2.17 bits per heavy atom. The Labute approximate surface area is 110 Å². The summed E-state index contributed by atoms with van der Waals surface area (Å²) in [6.45, 7) is 2.69. The van der Waals surface area contributed by atoms with Crippen LogP contribution in [-0.4, -0.2) is 18.6 Å². The molecular weight excluding hydrogens is 224 g/mol. The number of pyridine rings is 1. The summed E-state index contributed by atoms with van der Waals surface area (Å²) in [5, 5.41) is 3.42. The molecule has 1 atom stereocenters. The predicted octanol–water partition coefficient (Wildman–Crippen LogP) is 3.32. The number of nitrogens with zero attached hydrogens (tertiary/aromatic N) is 1. The molecule has 100 valence electrons. The molecule has 1 aliphatic rings. The van der Waals surface area contributed by atoms with Gasteiger partial charge in [-0.3, -0.25) is 4.98 Å². The molecule has 0 saturated heterocycles. The Morgan fingerprint density at radius 1 is 1.39 bits per heavy atom. The fourth-order valence-electron chi connectivity index (χ4n) is 2.87. The molecule has 2 rings (SSSR count). The topological polar surface area (TPSA) is 34.1 Å². The highest BCUT2D eigenvalue weighted by molar-refractivity contribution is 5.26. The van der Waals surface area contributed by atoms with Crippen molar-refractivity contribution in [2.45, 2.75) is 45.1 Å². The molecular formula is C15H24N2O. The second-order valence-corrected chi connectivity index (χ2v) is 5.11. The van der Waals surface area contributed by atoms with Gasteiger partial charge in [-0.15, -0.1) is 0 Å². The number of ether oxygens (including phenoxy) is 1. The van der Waals surface area contributed by atoms with Gasteiger partial charge in [-0.25, -0.2) is 0 Å². The molecule has 1 aromatic heterocycles. The summed E-state index contributed by atoms with van der Waals surface area (Å²) in [6, 6.07) is 2.52. The fourth-order valence-corrected chi connectivity index (χ4v) is 2.87. The van der Waals surface area contributed by atoms with E-state index in [4.69, 9.17) is 4.74 Å². The van der Waals surface area contributed by atoms with Crippen molar-refractivity contribution in [2.24, 2.45) is 5.92 Å². The molecule has 0 amide bonds. The van der Waals surface area contributed by atoms with E-state index in [9.17, 15) is 0 Å². The molecule has 1 fully saturated rings. The van der Waals surface area contributed by atoms with Gasteiger partial charge in [0.2, 0.25) is 0 Å². The molecule has 0 aliphatic heterocycles. The van der Waals surface area contributed by atoms with Gasteiger partial charge in [0.15, 0.2) is 0 Å². The highest BCUT2D eigenvalue weighted by Gasteiger charge is 2.20. The minimum Gasteiger partial charge on any atom is -0.492 e. The van der Waals surface area contributed by atoms with Crippen molar-refractivity contribution in [1.82, 2.24) is 10.3 Å². The first-order valence-corrected chi connectivity index (χ1v) is 7.08. The lowest BCUT2D eigenvalue weighted by atomic mass is 9.94. The van der Waals surface area contributed by atoms with Crippen molar-refractivity contribution in [3.8, 4) is 5.75 Å². The molecule has 0 aromatic carbocycles. The van der Waals surface area contributed by atoms with Crippen LogP contribution in [0.2, 0.25) is 0 Å². The van der Waals surface area contributed by atoms with Gasteiger partial charge in [-0.1, -0.05) is 25.7 Å². The Hall–Kier alpha value is -1.09. The van der Waals surface area contributed by atoms with E-state index < -0.39 is 0 Å². The molecule has 0 radical (unpaired) electrons. The van der Waals surface area contributed by atoms with Gasteiger partial charge >= 0.3 is 0 Å². The van der Waals surface area contributed by atoms with Crippen molar-refractivity contribution in [3.05, 3.63) is 24.0 Å². The molecule has 0 spiro atoms. The van der Waals surface area contributed by atoms with Crippen molar-refractivity contribution < 1.29 is 4.74 Å². The van der Waals surface area contributed by atoms with Crippen LogP contribution in [0.5, 0.6) is 5.75 Å². The number of hydrogen-bond acceptors (Lipinski definition) is 3. The highest BCUT2D eigenvalue weighted by Crippen LogP contribution is 2.33. The van der Waals surface area contributed by atoms with Crippen molar-refractivity contribution in [2.75, 3.05) is 13.7 Å². The van der Waals surface area contributed by atoms with E-state index in [0.29, 0.717) is 12.6 Å². The zero-order chi connectivity index (χ0) is 12.8. The highest BCUT2D eigenvalue weighted by atomic mass is 16.5. The molecule has 1 heterocycles. The SMILES string of the molecule is CCOc1cncc(C(CC2CCCC2)NC)c1. The maximum Gasteiger partial charge on any atom is 0.137 e. The second kappa shape index (κ2) is 6.74. The van der Waals surface area contributed by atoms with E-state index in [0.717, 1.165) is 11.7 Å². The summed E-state index contributed by atoms with van der Waals surface area (Å²) in [5.74, 6) is 1.75. The quantitative estimate of drug-likeness (QED) is 0.838. The summed E-state index contributed by atoms with van der Waals surface area (Å²) in [6.07, 6.45) is 10.5. The maximum atomic E-state index is 5.52. The Morgan fingerprint density at radius 3 is 2.83 bits per heavy atom. The van der Waals surface area contributed by atoms with E-state index in [1.54, 1.807) is 6.20 Å². The predicted molar refractivity (Wildman–Crippen MR) is 73.8 cm³/mol. The van der Waals surface area contributed by atoms with E-state index in [1.807, 2.05) is 20.2 Å². The van der Waals surface area contributed by atoms with Crippen LogP contribution in [0.1, 0.15) is 50.6 Å². The number of nitrogens with one attached hydrogen (secondary N) is 1. The zero-order valence-electron chi connectivity index (χ0n) is 11.5. The zero-order valence-corrected chi connectivity index (χ0v) is 11.5. The van der Waals surface area contributed by atoms with Crippen LogP contribution in [0.25, 0.3) is 0 Å². The summed E-state index contributed by atoms with van der Waals surface area (Å²) in [7, 11) is 2.03. The van der Waals surface area contributed by atoms with Gasteiger partial charge in [0.05, 0.1) is 12.8 Å². The van der Waals surface area contributed by atoms with Crippen LogP contribution in [-0.2, 0) is 0 Å². The minimum absolute atomic E-state index is 0.404. The molecule has 1 N–H and O–H groups in total. The lowest BCUT2D eigenvalue weighted by molar-refractivity contribution is 0.337. The normalized spacial score (nSPS) is 17.9. The van der Waals surface area contributed by atoms with Crippen LogP contribution in [0.15, 0.2) is 18.5 Å². The molecule has 3 nitrogen and oxygen atoms in total. The van der Waals surface area contributed by atoms with Crippen LogP contribution < -0.4 is 10.1 Å². The molecule has 1 aliphatic carbocycles. The van der Waals surface area contributed by atoms with Gasteiger partial charge < -0.3 is 10.1 Å². The fraction of sp³-hybridized carbons (Fsp3) is 0.667. The maximum absolute atomic E-state index is 5.52. The lowest BCUT2D eigenvalue weighted by Crippen LogP contribution is -2.19. The second-order valence-electron chi connectivity index (χ2n) is 5.11. The van der Waals surface area contributed by atoms with Gasteiger partial charge in [0, 0.05) is 12.2 Å². The van der Waals surface area contributed by atoms with Crippen LogP contribution in [0.4, 0.5) is 0 Å². The van der Waals surface area contributed by atoms with Crippen molar-refractivity contribution in [1.29, 1.82) is 0 Å². The van der Waals surface area contributed by atoms with Crippen LogP contribution in [0.3, 0.4) is 0 Å². The van der Waals surface area contributed by atoms with Gasteiger partial charge in [0.25, 0.3) is 0 Å². The summed E-state index contributed by atoms with van der Waals surface area (Å²) < 4.78 is 5.52. The largest absolute Gasteiger partial charge is 0.492 e. The first kappa shape index (κ1) is 13.3. The molecule has 1 aromatic rings. The van der Waals surface area contributed by atoms with Crippen molar-refractivity contribution >= 4 is 0 Å². The Balaban J connectivity index is 2.03. The summed E-state index contributed by atoms with van der Waals surface area (Å²) in [5.41, 5.74) is 1.25. The van der Waals surface area contributed by atoms with Gasteiger partial charge in [-0.2, -0.15) is 0 Å². The summed E-state index contributed by atoms with van der Waals surface area (Å²) in [4.78, 5) is 4.28. The molecule has 0 bridgehead atoms. The monoisotopic (exact) mass is 248 g/mol. The molecule has 3 heteroatoms. The average Bonchev–Trinajstić information content (AvgIpc) is 2.89. The third-order valence-corrected chi connectivity index (χ3v) is 3.84. The van der Waals surface area contributed by atoms with E-state index in [1.165, 1.54) is 37.7 Å². The van der Waals surface area contributed by atoms with E-state index >= 15 is 0 Å². The molecule has 1 unspecified atom stereocenters. The smallest absolute Gasteiger partial charge is 0.137 e. The number of rotatable bonds is 6. The summed E-state index contributed by atoms with van der Waals surface area (Å²) >= 11 is 0. The number of hydrogen-bond donors (Lipinski definition) is 1. The third kappa shape index (κ3) is 3.45. The molecule has 18 heavy (non-hydrogen) atoms. The van der Waals surface area contributed by atoms with E-state index in [-0.39, 0.29) is 0 Å². The Bertz CT molecular complexity index is 361. The van der Waals surface area contributed by atoms with Gasteiger partial charge in [-0.05, 0) is 37.9 Å². The molecule has 1 saturated carbocycles.